The Morgan fingerprint density at radius 1 is 1.27 bits per heavy atom. The zero-order valence-electron chi connectivity index (χ0n) is 9.10. The van der Waals surface area contributed by atoms with Gasteiger partial charge in [0, 0.05) is 6.54 Å². The van der Waals surface area contributed by atoms with Crippen LogP contribution in [0.1, 0.15) is 24.8 Å². The van der Waals surface area contributed by atoms with Crippen molar-refractivity contribution >= 4 is 10.0 Å². The fourth-order valence-corrected chi connectivity index (χ4v) is 1.98. The normalized spacial score (nSPS) is 13.7. The average molecular weight is 227 g/mol. The molecule has 0 bridgehead atoms. The predicted octanol–water partition coefficient (Wildman–Crippen LogP) is 1.73. The first kappa shape index (κ1) is 12.2. The molecule has 0 radical (unpaired) electrons. The molecule has 0 aliphatic rings. The molecule has 1 unspecified atom stereocenters. The fraction of sp³-hybridized carbons (Fsp3) is 0.455. The van der Waals surface area contributed by atoms with Gasteiger partial charge in [-0.15, -0.1) is 0 Å². The molecule has 4 heteroatoms. The van der Waals surface area contributed by atoms with Crippen LogP contribution in [0.25, 0.3) is 0 Å². The molecule has 1 atom stereocenters. The van der Waals surface area contributed by atoms with Gasteiger partial charge in [0.15, 0.2) is 0 Å². The van der Waals surface area contributed by atoms with E-state index in [1.165, 1.54) is 11.8 Å². The second-order valence-corrected chi connectivity index (χ2v) is 5.47. The minimum absolute atomic E-state index is 0.251. The van der Waals surface area contributed by atoms with Crippen molar-refractivity contribution in [3.05, 3.63) is 35.9 Å². The van der Waals surface area contributed by atoms with E-state index in [0.717, 1.165) is 6.42 Å². The zero-order chi connectivity index (χ0) is 11.3. The molecule has 15 heavy (non-hydrogen) atoms. The summed E-state index contributed by atoms with van der Waals surface area (Å²) < 4.78 is 24.5. The lowest BCUT2D eigenvalue weighted by molar-refractivity contribution is 0.571. The van der Waals surface area contributed by atoms with Crippen LogP contribution < -0.4 is 4.72 Å². The molecule has 0 aliphatic heterocycles. The maximum atomic E-state index is 11.0. The summed E-state index contributed by atoms with van der Waals surface area (Å²) in [7, 11) is -3.09. The second kappa shape index (κ2) is 5.28. The lowest BCUT2D eigenvalue weighted by Crippen LogP contribution is -2.27. The molecule has 1 N–H and O–H groups in total. The van der Waals surface area contributed by atoms with Gasteiger partial charge in [0.2, 0.25) is 10.0 Å². The molecule has 1 aromatic rings. The smallest absolute Gasteiger partial charge is 0.208 e. The summed E-state index contributed by atoms with van der Waals surface area (Å²) >= 11 is 0. The van der Waals surface area contributed by atoms with Crippen LogP contribution >= 0.6 is 0 Å². The summed E-state index contributed by atoms with van der Waals surface area (Å²) in [6.45, 7) is 2.53. The van der Waals surface area contributed by atoms with E-state index >= 15 is 0 Å². The molecule has 84 valence electrons. The van der Waals surface area contributed by atoms with Crippen LogP contribution in [0, 0.1) is 0 Å². The summed E-state index contributed by atoms with van der Waals surface area (Å²) in [4.78, 5) is 0. The lowest BCUT2D eigenvalue weighted by Gasteiger charge is -2.15. The van der Waals surface area contributed by atoms with Crippen molar-refractivity contribution in [1.82, 2.24) is 4.72 Å². The first-order valence-corrected chi connectivity index (χ1v) is 6.91. The van der Waals surface area contributed by atoms with Crippen LogP contribution in [0.5, 0.6) is 0 Å². The van der Waals surface area contributed by atoms with E-state index < -0.39 is 10.0 Å². The lowest BCUT2D eigenvalue weighted by atomic mass is 9.97. The molecule has 0 saturated heterocycles. The predicted molar refractivity (Wildman–Crippen MR) is 62.3 cm³/mol. The van der Waals surface area contributed by atoms with Crippen LogP contribution in [-0.4, -0.2) is 21.2 Å². The standard InChI is InChI=1S/C11H17NO2S/c1-3-10(9-12-15(2,13)14)11-7-5-4-6-8-11/h4-8,10,12H,3,9H2,1-2H3. The van der Waals surface area contributed by atoms with Gasteiger partial charge < -0.3 is 0 Å². The number of rotatable bonds is 5. The van der Waals surface area contributed by atoms with Crippen molar-refractivity contribution in [2.75, 3.05) is 12.8 Å². The zero-order valence-corrected chi connectivity index (χ0v) is 9.92. The molecular weight excluding hydrogens is 210 g/mol. The summed E-state index contributed by atoms with van der Waals surface area (Å²) in [6.07, 6.45) is 2.11. The second-order valence-electron chi connectivity index (χ2n) is 3.64. The third-order valence-corrected chi connectivity index (χ3v) is 3.05. The first-order chi connectivity index (χ1) is 7.03. The molecular formula is C11H17NO2S. The molecule has 0 heterocycles. The number of hydrogen-bond acceptors (Lipinski definition) is 2. The van der Waals surface area contributed by atoms with Gasteiger partial charge in [-0.05, 0) is 17.9 Å². The van der Waals surface area contributed by atoms with Crippen LogP contribution in [-0.2, 0) is 10.0 Å². The van der Waals surface area contributed by atoms with Crippen molar-refractivity contribution in [2.45, 2.75) is 19.3 Å². The van der Waals surface area contributed by atoms with Gasteiger partial charge in [-0.3, -0.25) is 0 Å². The van der Waals surface area contributed by atoms with E-state index in [4.69, 9.17) is 0 Å². The Balaban J connectivity index is 2.66. The quantitative estimate of drug-likeness (QED) is 0.832. The Labute approximate surface area is 91.6 Å². The maximum Gasteiger partial charge on any atom is 0.208 e. The van der Waals surface area contributed by atoms with E-state index in [0.29, 0.717) is 6.54 Å². The van der Waals surface area contributed by atoms with Crippen molar-refractivity contribution in [3.63, 3.8) is 0 Å². The Hall–Kier alpha value is -0.870. The summed E-state index contributed by atoms with van der Waals surface area (Å²) in [5.41, 5.74) is 1.18. The van der Waals surface area contributed by atoms with Crippen molar-refractivity contribution in [3.8, 4) is 0 Å². The molecule has 1 aromatic carbocycles. The van der Waals surface area contributed by atoms with Gasteiger partial charge in [-0.1, -0.05) is 37.3 Å². The molecule has 0 amide bonds. The Morgan fingerprint density at radius 3 is 2.33 bits per heavy atom. The minimum atomic E-state index is -3.09. The van der Waals surface area contributed by atoms with Crippen LogP contribution in [0.4, 0.5) is 0 Å². The number of nitrogens with one attached hydrogen (secondary N) is 1. The van der Waals surface area contributed by atoms with Gasteiger partial charge >= 0.3 is 0 Å². The minimum Gasteiger partial charge on any atom is -0.215 e. The highest BCUT2D eigenvalue weighted by molar-refractivity contribution is 7.88. The molecule has 0 fully saturated rings. The Bertz CT molecular complexity index is 386. The van der Waals surface area contributed by atoms with Crippen molar-refractivity contribution < 1.29 is 8.42 Å². The van der Waals surface area contributed by atoms with Crippen LogP contribution in [0.3, 0.4) is 0 Å². The van der Waals surface area contributed by atoms with Gasteiger partial charge in [0.1, 0.15) is 0 Å². The van der Waals surface area contributed by atoms with Crippen molar-refractivity contribution in [2.24, 2.45) is 0 Å². The van der Waals surface area contributed by atoms with Crippen LogP contribution in [0.15, 0.2) is 30.3 Å². The maximum absolute atomic E-state index is 11.0. The molecule has 0 spiro atoms. The largest absolute Gasteiger partial charge is 0.215 e. The van der Waals surface area contributed by atoms with E-state index in [1.807, 2.05) is 30.3 Å². The van der Waals surface area contributed by atoms with Gasteiger partial charge in [-0.2, -0.15) is 0 Å². The summed E-state index contributed by atoms with van der Waals surface area (Å²) in [6, 6.07) is 9.95. The molecule has 0 aliphatic carbocycles. The highest BCUT2D eigenvalue weighted by Crippen LogP contribution is 2.17. The van der Waals surface area contributed by atoms with E-state index in [2.05, 4.69) is 11.6 Å². The van der Waals surface area contributed by atoms with Crippen LogP contribution in [0.2, 0.25) is 0 Å². The average Bonchev–Trinajstić information content (AvgIpc) is 2.19. The number of sulfonamides is 1. The van der Waals surface area contributed by atoms with E-state index in [9.17, 15) is 8.42 Å². The summed E-state index contributed by atoms with van der Waals surface area (Å²) in [5.74, 6) is 0.251. The third kappa shape index (κ3) is 4.44. The highest BCUT2D eigenvalue weighted by Gasteiger charge is 2.10. The molecule has 3 nitrogen and oxygen atoms in total. The molecule has 0 saturated carbocycles. The third-order valence-electron chi connectivity index (χ3n) is 2.36. The highest BCUT2D eigenvalue weighted by atomic mass is 32.2. The molecule has 1 rings (SSSR count). The van der Waals surface area contributed by atoms with Gasteiger partial charge in [0.25, 0.3) is 0 Å². The molecule has 0 aromatic heterocycles. The topological polar surface area (TPSA) is 46.2 Å². The Kier molecular flexibility index (Phi) is 4.29. The van der Waals surface area contributed by atoms with Gasteiger partial charge in [-0.25, -0.2) is 13.1 Å². The SMILES string of the molecule is CCC(CNS(C)(=O)=O)c1ccccc1. The van der Waals surface area contributed by atoms with Gasteiger partial charge in [0.05, 0.1) is 6.26 Å². The number of hydrogen-bond donors (Lipinski definition) is 1. The van der Waals surface area contributed by atoms with Crippen molar-refractivity contribution in [1.29, 1.82) is 0 Å². The van der Waals surface area contributed by atoms with E-state index in [-0.39, 0.29) is 5.92 Å². The first-order valence-electron chi connectivity index (χ1n) is 5.02. The fourth-order valence-electron chi connectivity index (χ4n) is 1.48. The van der Waals surface area contributed by atoms with E-state index in [1.54, 1.807) is 0 Å². The monoisotopic (exact) mass is 227 g/mol. The Morgan fingerprint density at radius 2 is 1.87 bits per heavy atom. The number of benzene rings is 1. The summed E-state index contributed by atoms with van der Waals surface area (Å²) in [5, 5.41) is 0.